The molecule has 1 amide bonds. The Balaban J connectivity index is 1.01. The molecule has 0 radical (unpaired) electrons. The fourth-order valence-electron chi connectivity index (χ4n) is 4.54. The molecule has 10 nitrogen and oxygen atoms in total. The van der Waals surface area contributed by atoms with Crippen LogP contribution in [0, 0.1) is 5.92 Å². The van der Waals surface area contributed by atoms with Crippen LogP contribution in [0.3, 0.4) is 0 Å². The molecule has 4 aromatic heterocycles. The Labute approximate surface area is 223 Å². The molecule has 0 spiro atoms. The fraction of sp³-hybridized carbons (Fsp3) is 0.259. The molecular weight excluding hydrogens is 500 g/mol. The lowest BCUT2D eigenvalue weighted by Gasteiger charge is -2.32. The molecular formula is C27H26N8O2S. The second kappa shape index (κ2) is 10.9. The van der Waals surface area contributed by atoms with Gasteiger partial charge in [0.25, 0.3) is 0 Å². The van der Waals surface area contributed by atoms with Crippen molar-refractivity contribution in [2.45, 2.75) is 12.8 Å². The Morgan fingerprint density at radius 2 is 1.92 bits per heavy atom. The summed E-state index contributed by atoms with van der Waals surface area (Å²) in [5.74, 6) is 1.80. The summed E-state index contributed by atoms with van der Waals surface area (Å²) in [5, 5.41) is 26.8. The van der Waals surface area contributed by atoms with E-state index in [-0.39, 0.29) is 11.8 Å². The van der Waals surface area contributed by atoms with Crippen molar-refractivity contribution in [1.29, 1.82) is 0 Å². The Morgan fingerprint density at radius 1 is 1.00 bits per heavy atom. The molecule has 5 aromatic rings. The molecule has 1 N–H and O–H groups in total. The maximum atomic E-state index is 12.9. The van der Waals surface area contributed by atoms with Crippen molar-refractivity contribution in [3.63, 3.8) is 0 Å². The normalized spacial score (nSPS) is 15.5. The number of nitrogens with zero attached hydrogens (tertiary/aromatic N) is 7. The van der Waals surface area contributed by atoms with Crippen molar-refractivity contribution >= 4 is 28.7 Å². The van der Waals surface area contributed by atoms with Crippen molar-refractivity contribution < 1.29 is 9.53 Å². The van der Waals surface area contributed by atoms with Gasteiger partial charge in [0.2, 0.25) is 11.8 Å². The van der Waals surface area contributed by atoms with Gasteiger partial charge in [0, 0.05) is 24.7 Å². The van der Waals surface area contributed by atoms with Crippen LogP contribution in [-0.2, 0) is 4.79 Å². The number of amides is 1. The van der Waals surface area contributed by atoms with Gasteiger partial charge in [-0.05, 0) is 42.5 Å². The molecule has 1 atom stereocenters. The van der Waals surface area contributed by atoms with Crippen LogP contribution < -0.4 is 15.0 Å². The number of carbonyl (C=O) groups is 1. The number of nitrogens with one attached hydrogen (secondary N) is 1. The van der Waals surface area contributed by atoms with Gasteiger partial charge in [-0.15, -0.1) is 36.8 Å². The topological polar surface area (TPSA) is 110 Å². The average Bonchev–Trinajstić information content (AvgIpc) is 3.66. The third-order valence-electron chi connectivity index (χ3n) is 6.46. The third-order valence-corrected chi connectivity index (χ3v) is 7.35. The molecule has 38 heavy (non-hydrogen) atoms. The van der Waals surface area contributed by atoms with Gasteiger partial charge in [-0.2, -0.15) is 4.52 Å². The molecule has 5 heterocycles. The molecule has 0 saturated carbocycles. The van der Waals surface area contributed by atoms with Gasteiger partial charge in [0.1, 0.15) is 12.3 Å². The van der Waals surface area contributed by atoms with E-state index in [9.17, 15) is 4.79 Å². The second-order valence-corrected chi connectivity index (χ2v) is 9.96. The number of ether oxygens (including phenoxy) is 1. The van der Waals surface area contributed by atoms with Gasteiger partial charge in [-0.25, -0.2) is 0 Å². The summed E-state index contributed by atoms with van der Waals surface area (Å²) in [5.41, 5.74) is 2.42. The lowest BCUT2D eigenvalue weighted by molar-refractivity contribution is -0.125. The van der Waals surface area contributed by atoms with E-state index in [1.54, 1.807) is 21.9 Å². The van der Waals surface area contributed by atoms with E-state index >= 15 is 0 Å². The van der Waals surface area contributed by atoms with Crippen LogP contribution in [-0.4, -0.2) is 62.2 Å². The van der Waals surface area contributed by atoms with Crippen LogP contribution in [0.25, 0.3) is 27.6 Å². The number of fused-ring (bicyclic) bond motifs is 1. The van der Waals surface area contributed by atoms with E-state index in [0.29, 0.717) is 37.0 Å². The standard InChI is InChI=1S/C27H26N8O2S/c36-27(20-8-4-15-34(18-20)23-11-10-21(29-30-23)22-9-5-17-38-22)28-14-16-37-25-13-12-24-31-32-26(35(24)33-25)19-6-2-1-3-7-19/h1-3,5-7,9-13,17,20H,4,8,14-16,18H2,(H,28,36). The van der Waals surface area contributed by atoms with E-state index in [1.807, 2.05) is 66.0 Å². The molecule has 0 bridgehead atoms. The lowest BCUT2D eigenvalue weighted by atomic mass is 9.97. The molecule has 6 rings (SSSR count). The van der Waals surface area contributed by atoms with E-state index in [1.165, 1.54) is 0 Å². The monoisotopic (exact) mass is 526 g/mol. The molecule has 192 valence electrons. The number of anilines is 1. The van der Waals surface area contributed by atoms with Gasteiger partial charge >= 0.3 is 0 Å². The zero-order valence-electron chi connectivity index (χ0n) is 20.6. The number of piperidine rings is 1. The minimum Gasteiger partial charge on any atom is -0.475 e. The maximum absolute atomic E-state index is 12.9. The second-order valence-electron chi connectivity index (χ2n) is 9.01. The van der Waals surface area contributed by atoms with Crippen LogP contribution in [0.4, 0.5) is 5.82 Å². The SMILES string of the molecule is O=C(NCCOc1ccc2nnc(-c3ccccc3)n2n1)C1CCCN(c2ccc(-c3cccs3)nn2)C1. The number of aromatic nitrogens is 6. The van der Waals surface area contributed by atoms with Crippen molar-refractivity contribution in [2.75, 3.05) is 31.1 Å². The first-order valence-electron chi connectivity index (χ1n) is 12.6. The zero-order chi connectivity index (χ0) is 25.7. The highest BCUT2D eigenvalue weighted by atomic mass is 32.1. The van der Waals surface area contributed by atoms with Crippen LogP contribution in [0.15, 0.2) is 72.1 Å². The van der Waals surface area contributed by atoms with E-state index in [4.69, 9.17) is 4.74 Å². The summed E-state index contributed by atoms with van der Waals surface area (Å²) in [6.07, 6.45) is 1.77. The van der Waals surface area contributed by atoms with E-state index in [2.05, 4.69) is 35.7 Å². The first kappa shape index (κ1) is 24.0. The summed E-state index contributed by atoms with van der Waals surface area (Å²) in [7, 11) is 0. The van der Waals surface area contributed by atoms with Gasteiger partial charge in [-0.1, -0.05) is 36.4 Å². The number of carbonyl (C=O) groups excluding carboxylic acids is 1. The fourth-order valence-corrected chi connectivity index (χ4v) is 5.23. The van der Waals surface area contributed by atoms with Crippen molar-refractivity contribution in [3.8, 4) is 27.8 Å². The largest absolute Gasteiger partial charge is 0.475 e. The molecule has 1 fully saturated rings. The Hall–Kier alpha value is -4.38. The predicted octanol–water partition coefficient (Wildman–Crippen LogP) is 3.72. The highest BCUT2D eigenvalue weighted by molar-refractivity contribution is 7.13. The maximum Gasteiger partial charge on any atom is 0.231 e. The zero-order valence-corrected chi connectivity index (χ0v) is 21.4. The molecule has 1 aliphatic heterocycles. The first-order chi connectivity index (χ1) is 18.7. The summed E-state index contributed by atoms with van der Waals surface area (Å²) in [6.45, 7) is 2.17. The Morgan fingerprint density at radius 3 is 2.74 bits per heavy atom. The number of benzene rings is 1. The summed E-state index contributed by atoms with van der Waals surface area (Å²) < 4.78 is 7.48. The predicted molar refractivity (Wildman–Crippen MR) is 145 cm³/mol. The third kappa shape index (κ3) is 5.18. The molecule has 1 aliphatic rings. The highest BCUT2D eigenvalue weighted by Crippen LogP contribution is 2.25. The first-order valence-corrected chi connectivity index (χ1v) is 13.4. The van der Waals surface area contributed by atoms with Crippen molar-refractivity contribution in [1.82, 2.24) is 35.3 Å². The van der Waals surface area contributed by atoms with Gasteiger partial charge in [-0.3, -0.25) is 4.79 Å². The van der Waals surface area contributed by atoms with E-state index in [0.717, 1.165) is 41.3 Å². The molecule has 0 aliphatic carbocycles. The van der Waals surface area contributed by atoms with Crippen LogP contribution >= 0.6 is 11.3 Å². The van der Waals surface area contributed by atoms with Gasteiger partial charge in [0.05, 0.1) is 17.3 Å². The van der Waals surface area contributed by atoms with E-state index < -0.39 is 0 Å². The van der Waals surface area contributed by atoms with Gasteiger partial charge < -0.3 is 15.0 Å². The highest BCUT2D eigenvalue weighted by Gasteiger charge is 2.26. The van der Waals surface area contributed by atoms with Crippen molar-refractivity contribution in [3.05, 3.63) is 72.1 Å². The average molecular weight is 527 g/mol. The summed E-state index contributed by atoms with van der Waals surface area (Å²) >= 11 is 1.64. The Bertz CT molecular complexity index is 1510. The molecule has 1 saturated heterocycles. The van der Waals surface area contributed by atoms with Crippen LogP contribution in [0.1, 0.15) is 12.8 Å². The number of hydrogen-bond acceptors (Lipinski definition) is 9. The van der Waals surface area contributed by atoms with Crippen LogP contribution in [0.5, 0.6) is 5.88 Å². The lowest BCUT2D eigenvalue weighted by Crippen LogP contribution is -2.44. The molecule has 1 unspecified atom stereocenters. The van der Waals surface area contributed by atoms with Crippen LogP contribution in [0.2, 0.25) is 0 Å². The minimum atomic E-state index is -0.109. The number of thiophene rings is 1. The Kier molecular flexibility index (Phi) is 6.90. The number of hydrogen-bond donors (Lipinski definition) is 1. The molecule has 11 heteroatoms. The quantitative estimate of drug-likeness (QED) is 0.305. The van der Waals surface area contributed by atoms with Gasteiger partial charge in [0.15, 0.2) is 17.3 Å². The number of rotatable bonds is 8. The molecule has 1 aromatic carbocycles. The summed E-state index contributed by atoms with van der Waals surface area (Å²) in [6, 6.07) is 21.3. The summed E-state index contributed by atoms with van der Waals surface area (Å²) in [4.78, 5) is 16.1. The minimum absolute atomic E-state index is 0.0232. The van der Waals surface area contributed by atoms with Crippen molar-refractivity contribution in [2.24, 2.45) is 5.92 Å². The smallest absolute Gasteiger partial charge is 0.231 e.